The number of nitrogens with zero attached hydrogens (tertiary/aromatic N) is 1. The lowest BCUT2D eigenvalue weighted by Gasteiger charge is -1.90. The third-order valence-corrected chi connectivity index (χ3v) is 0.985. The zero-order valence-corrected chi connectivity index (χ0v) is 4.78. The molecule has 0 spiro atoms. The molecule has 4 nitrogen and oxygen atoms in total. The Bertz CT molecular complexity index is 224. The first-order valence-corrected chi connectivity index (χ1v) is 2.59. The number of aromatic nitrogens is 1. The highest BCUT2D eigenvalue weighted by Crippen LogP contribution is 1.79. The summed E-state index contributed by atoms with van der Waals surface area (Å²) in [5, 5.41) is 8.36. The summed E-state index contributed by atoms with van der Waals surface area (Å²) in [6.45, 7) is 0.259. The second-order valence-electron chi connectivity index (χ2n) is 1.59. The number of hydrogen-bond acceptors (Lipinski definition) is 3. The summed E-state index contributed by atoms with van der Waals surface area (Å²) >= 11 is 0. The maximum atomic E-state index is 10.5. The van der Waals surface area contributed by atoms with Gasteiger partial charge in [0.05, 0.1) is 13.2 Å². The fraction of sp³-hybridized carbons (Fsp3) is 0.400. The van der Waals surface area contributed by atoms with E-state index in [9.17, 15) is 4.79 Å². The first-order chi connectivity index (χ1) is 4.34. The third kappa shape index (κ3) is 1.20. The Labute approximate surface area is 51.3 Å². The van der Waals surface area contributed by atoms with Gasteiger partial charge < -0.3 is 9.52 Å². The van der Waals surface area contributed by atoms with E-state index < -0.39 is 5.76 Å². The SMILES string of the molecule is O=c1occn1CCO. The van der Waals surface area contributed by atoms with Gasteiger partial charge in [0.1, 0.15) is 6.26 Å². The topological polar surface area (TPSA) is 55.4 Å². The quantitative estimate of drug-likeness (QED) is 0.582. The molecule has 0 aromatic carbocycles. The summed E-state index contributed by atoms with van der Waals surface area (Å²) in [6, 6.07) is 0. The van der Waals surface area contributed by atoms with Crippen LogP contribution in [0.25, 0.3) is 0 Å². The van der Waals surface area contributed by atoms with Crippen LogP contribution in [0.4, 0.5) is 0 Å². The van der Waals surface area contributed by atoms with E-state index in [-0.39, 0.29) is 6.61 Å². The summed E-state index contributed by atoms with van der Waals surface area (Å²) in [5.74, 6) is -0.427. The highest BCUT2D eigenvalue weighted by atomic mass is 16.4. The van der Waals surface area contributed by atoms with Crippen molar-refractivity contribution in [3.63, 3.8) is 0 Å². The van der Waals surface area contributed by atoms with Gasteiger partial charge in [-0.2, -0.15) is 0 Å². The van der Waals surface area contributed by atoms with Crippen molar-refractivity contribution in [3.8, 4) is 0 Å². The van der Waals surface area contributed by atoms with Crippen LogP contribution < -0.4 is 5.76 Å². The van der Waals surface area contributed by atoms with Crippen molar-refractivity contribution in [2.24, 2.45) is 0 Å². The highest BCUT2D eigenvalue weighted by molar-refractivity contribution is 4.68. The van der Waals surface area contributed by atoms with Crippen LogP contribution in [0, 0.1) is 0 Å². The van der Waals surface area contributed by atoms with Crippen molar-refractivity contribution < 1.29 is 9.52 Å². The molecule has 0 aliphatic heterocycles. The van der Waals surface area contributed by atoms with Gasteiger partial charge in [-0.05, 0) is 0 Å². The van der Waals surface area contributed by atoms with E-state index in [2.05, 4.69) is 4.42 Å². The van der Waals surface area contributed by atoms with E-state index >= 15 is 0 Å². The van der Waals surface area contributed by atoms with Crippen molar-refractivity contribution in [2.75, 3.05) is 6.61 Å². The van der Waals surface area contributed by atoms with Gasteiger partial charge in [-0.25, -0.2) is 4.79 Å². The smallest absolute Gasteiger partial charge is 0.416 e. The Balaban J connectivity index is 2.81. The number of rotatable bonds is 2. The van der Waals surface area contributed by atoms with Crippen LogP contribution in [0.2, 0.25) is 0 Å². The number of aliphatic hydroxyl groups excluding tert-OH is 1. The van der Waals surface area contributed by atoms with Crippen LogP contribution in [0.15, 0.2) is 21.7 Å². The normalized spacial score (nSPS) is 9.89. The molecule has 0 atom stereocenters. The van der Waals surface area contributed by atoms with Gasteiger partial charge in [0.25, 0.3) is 0 Å². The molecule has 0 amide bonds. The van der Waals surface area contributed by atoms with Gasteiger partial charge in [-0.15, -0.1) is 0 Å². The lowest BCUT2D eigenvalue weighted by atomic mass is 10.7. The number of aliphatic hydroxyl groups is 1. The summed E-state index contributed by atoms with van der Waals surface area (Å²) in [7, 11) is 0. The molecule has 1 rings (SSSR count). The van der Waals surface area contributed by atoms with Crippen molar-refractivity contribution >= 4 is 0 Å². The van der Waals surface area contributed by atoms with E-state index in [1.54, 1.807) is 0 Å². The molecular weight excluding hydrogens is 122 g/mol. The standard InChI is InChI=1S/C5H7NO3/c7-3-1-6-2-4-9-5(6)8/h2,4,7H,1,3H2. The minimum Gasteiger partial charge on any atom is -0.416 e. The third-order valence-electron chi connectivity index (χ3n) is 0.985. The van der Waals surface area contributed by atoms with Crippen LogP contribution in [-0.4, -0.2) is 16.3 Å². The fourth-order valence-electron chi connectivity index (χ4n) is 0.564. The molecule has 9 heavy (non-hydrogen) atoms. The zero-order chi connectivity index (χ0) is 6.69. The monoisotopic (exact) mass is 129 g/mol. The highest BCUT2D eigenvalue weighted by Gasteiger charge is 1.93. The average Bonchev–Trinajstić information content (AvgIpc) is 2.18. The first-order valence-electron chi connectivity index (χ1n) is 2.59. The van der Waals surface area contributed by atoms with E-state index in [0.29, 0.717) is 6.54 Å². The molecule has 0 fully saturated rings. The van der Waals surface area contributed by atoms with Crippen LogP contribution in [0.3, 0.4) is 0 Å². The predicted molar refractivity (Wildman–Crippen MR) is 30.1 cm³/mol. The van der Waals surface area contributed by atoms with Crippen molar-refractivity contribution in [1.29, 1.82) is 0 Å². The summed E-state index contributed by atoms with van der Waals surface area (Å²) < 4.78 is 5.70. The molecule has 0 radical (unpaired) electrons. The zero-order valence-electron chi connectivity index (χ0n) is 4.78. The van der Waals surface area contributed by atoms with Gasteiger partial charge in [0, 0.05) is 6.20 Å². The van der Waals surface area contributed by atoms with Gasteiger partial charge in [0.2, 0.25) is 0 Å². The second kappa shape index (κ2) is 2.50. The van der Waals surface area contributed by atoms with Crippen molar-refractivity contribution in [2.45, 2.75) is 6.54 Å². The Kier molecular flexibility index (Phi) is 1.69. The van der Waals surface area contributed by atoms with Gasteiger partial charge in [0.15, 0.2) is 0 Å². The van der Waals surface area contributed by atoms with Crippen molar-refractivity contribution in [1.82, 2.24) is 4.57 Å². The van der Waals surface area contributed by atoms with Crippen molar-refractivity contribution in [3.05, 3.63) is 23.0 Å². The van der Waals surface area contributed by atoms with Crippen LogP contribution in [0.5, 0.6) is 0 Å². The van der Waals surface area contributed by atoms with Gasteiger partial charge in [-0.3, -0.25) is 4.57 Å². The van der Waals surface area contributed by atoms with E-state index in [1.807, 2.05) is 0 Å². The molecule has 0 saturated heterocycles. The minimum atomic E-state index is -0.427. The van der Waals surface area contributed by atoms with Gasteiger partial charge >= 0.3 is 5.76 Å². The largest absolute Gasteiger partial charge is 0.418 e. The maximum absolute atomic E-state index is 10.5. The molecule has 0 saturated carbocycles. The molecule has 4 heteroatoms. The Morgan fingerprint density at radius 3 is 3.00 bits per heavy atom. The predicted octanol–water partition coefficient (Wildman–Crippen LogP) is -0.566. The Morgan fingerprint density at radius 1 is 1.78 bits per heavy atom. The Morgan fingerprint density at radius 2 is 2.56 bits per heavy atom. The lowest BCUT2D eigenvalue weighted by Crippen LogP contribution is -2.15. The number of hydrogen-bond donors (Lipinski definition) is 1. The molecule has 1 aromatic heterocycles. The van der Waals surface area contributed by atoms with E-state index in [0.717, 1.165) is 0 Å². The van der Waals surface area contributed by atoms with Gasteiger partial charge in [-0.1, -0.05) is 0 Å². The molecule has 0 bridgehead atoms. The lowest BCUT2D eigenvalue weighted by molar-refractivity contribution is 0.270. The van der Waals surface area contributed by atoms with E-state index in [1.165, 1.54) is 17.0 Å². The summed E-state index contributed by atoms with van der Waals surface area (Å²) in [6.07, 6.45) is 2.77. The number of oxazole rings is 1. The molecule has 1 aromatic rings. The van der Waals surface area contributed by atoms with Crippen LogP contribution >= 0.6 is 0 Å². The Hall–Kier alpha value is -1.03. The average molecular weight is 129 g/mol. The first kappa shape index (κ1) is 6.10. The summed E-state index contributed by atoms with van der Waals surface area (Å²) in [5.41, 5.74) is 0. The molecule has 0 aliphatic carbocycles. The fourth-order valence-corrected chi connectivity index (χ4v) is 0.564. The minimum absolute atomic E-state index is 0.0422. The second-order valence-corrected chi connectivity index (χ2v) is 1.59. The molecule has 0 aliphatic rings. The maximum Gasteiger partial charge on any atom is 0.418 e. The molecule has 1 N–H and O–H groups in total. The summed E-state index contributed by atoms with van der Waals surface area (Å²) in [4.78, 5) is 10.5. The molecular formula is C5H7NO3. The van der Waals surface area contributed by atoms with Crippen LogP contribution in [-0.2, 0) is 6.54 Å². The molecule has 50 valence electrons. The molecule has 1 heterocycles. The van der Waals surface area contributed by atoms with E-state index in [4.69, 9.17) is 5.11 Å². The van der Waals surface area contributed by atoms with Crippen LogP contribution in [0.1, 0.15) is 0 Å². The molecule has 0 unspecified atom stereocenters.